The van der Waals surface area contributed by atoms with Gasteiger partial charge in [-0.25, -0.2) is 9.97 Å². The summed E-state index contributed by atoms with van der Waals surface area (Å²) in [5.41, 5.74) is 9.92. The third-order valence-electron chi connectivity index (χ3n) is 8.43. The molecule has 0 aliphatic rings. The van der Waals surface area contributed by atoms with Crippen molar-refractivity contribution in [1.29, 1.82) is 0 Å². The number of furan rings is 1. The van der Waals surface area contributed by atoms with Crippen molar-refractivity contribution in [1.82, 2.24) is 14.5 Å². The van der Waals surface area contributed by atoms with Crippen molar-refractivity contribution < 1.29 is 4.42 Å². The van der Waals surface area contributed by atoms with E-state index in [1.54, 1.807) is 0 Å². The Bertz CT molecular complexity index is 2420. The van der Waals surface area contributed by atoms with Crippen LogP contribution in [0.5, 0.6) is 0 Å². The lowest BCUT2D eigenvalue weighted by Gasteiger charge is -2.11. The molecule has 0 saturated heterocycles. The third-order valence-corrected chi connectivity index (χ3v) is 8.43. The fourth-order valence-corrected chi connectivity index (χ4v) is 6.35. The van der Waals surface area contributed by atoms with E-state index in [0.717, 1.165) is 66.7 Å². The molecule has 3 heterocycles. The van der Waals surface area contributed by atoms with Crippen molar-refractivity contribution in [3.05, 3.63) is 152 Å². The topological polar surface area (TPSA) is 43.9 Å². The van der Waals surface area contributed by atoms with Crippen LogP contribution in [0.4, 0.5) is 0 Å². The van der Waals surface area contributed by atoms with Crippen LogP contribution in [0.25, 0.3) is 83.3 Å². The Balaban J connectivity index is 1.24. The minimum atomic E-state index is 0.693. The normalized spacial score (nSPS) is 11.6. The summed E-state index contributed by atoms with van der Waals surface area (Å²) >= 11 is 0. The molecule has 0 spiro atoms. The van der Waals surface area contributed by atoms with Crippen LogP contribution >= 0.6 is 0 Å². The van der Waals surface area contributed by atoms with Crippen molar-refractivity contribution in [3.8, 4) is 39.6 Å². The van der Waals surface area contributed by atoms with Crippen molar-refractivity contribution in [2.45, 2.75) is 0 Å². The van der Waals surface area contributed by atoms with E-state index in [4.69, 9.17) is 14.4 Å². The lowest BCUT2D eigenvalue weighted by atomic mass is 10.1. The molecular weight excluding hydrogens is 538 g/mol. The van der Waals surface area contributed by atoms with Crippen LogP contribution in [0.3, 0.4) is 0 Å². The summed E-state index contributed by atoms with van der Waals surface area (Å²) in [6.07, 6.45) is 0. The van der Waals surface area contributed by atoms with Crippen molar-refractivity contribution in [2.24, 2.45) is 0 Å². The Morgan fingerprint density at radius 3 is 1.75 bits per heavy atom. The maximum Gasteiger partial charge on any atom is 0.160 e. The first kappa shape index (κ1) is 24.6. The van der Waals surface area contributed by atoms with Gasteiger partial charge in [-0.05, 0) is 48.5 Å². The average Bonchev–Trinajstić information content (AvgIpc) is 3.65. The maximum absolute atomic E-state index is 6.52. The van der Waals surface area contributed by atoms with Gasteiger partial charge in [0.25, 0.3) is 0 Å². The van der Waals surface area contributed by atoms with Gasteiger partial charge in [-0.2, -0.15) is 0 Å². The van der Waals surface area contributed by atoms with E-state index < -0.39 is 0 Å². The standard InChI is InChI=1S/C40H25N3O/c1-3-11-26(12-4-1)34-25-35(27-13-5-2-6-14-27)42-40(41-34)28-19-21-29(22-20-28)43-36-17-9-7-15-30(36)32-23-24-33-31-16-8-10-18-37(31)44-39(33)38(32)43/h1-25H. The molecule has 0 fully saturated rings. The number of hydrogen-bond acceptors (Lipinski definition) is 3. The van der Waals surface area contributed by atoms with Gasteiger partial charge < -0.3 is 8.98 Å². The van der Waals surface area contributed by atoms with Crippen molar-refractivity contribution >= 4 is 43.7 Å². The molecule has 0 saturated carbocycles. The second-order valence-electron chi connectivity index (χ2n) is 11.0. The summed E-state index contributed by atoms with van der Waals surface area (Å²) in [7, 11) is 0. The second kappa shape index (κ2) is 9.79. The minimum absolute atomic E-state index is 0.693. The maximum atomic E-state index is 6.52. The summed E-state index contributed by atoms with van der Waals surface area (Å²) in [5.74, 6) is 0.693. The zero-order valence-corrected chi connectivity index (χ0v) is 23.7. The molecule has 4 nitrogen and oxygen atoms in total. The molecule has 4 heteroatoms. The first-order chi connectivity index (χ1) is 21.8. The van der Waals surface area contributed by atoms with E-state index in [1.165, 1.54) is 10.8 Å². The highest BCUT2D eigenvalue weighted by Gasteiger charge is 2.19. The fourth-order valence-electron chi connectivity index (χ4n) is 6.35. The predicted octanol–water partition coefficient (Wildman–Crippen LogP) is 10.5. The largest absolute Gasteiger partial charge is 0.454 e. The number of aromatic nitrogens is 3. The Morgan fingerprint density at radius 1 is 0.455 bits per heavy atom. The van der Waals surface area contributed by atoms with Crippen LogP contribution in [-0.4, -0.2) is 14.5 Å². The number of rotatable bonds is 4. The zero-order chi connectivity index (χ0) is 29.0. The number of fused-ring (bicyclic) bond motifs is 7. The van der Waals surface area contributed by atoms with Gasteiger partial charge in [0.2, 0.25) is 0 Å². The molecule has 9 aromatic rings. The van der Waals surface area contributed by atoms with Gasteiger partial charge in [0.1, 0.15) is 5.58 Å². The van der Waals surface area contributed by atoms with E-state index in [-0.39, 0.29) is 0 Å². The molecule has 6 aromatic carbocycles. The molecular formula is C40H25N3O. The summed E-state index contributed by atoms with van der Waals surface area (Å²) < 4.78 is 8.84. The molecule has 0 atom stereocenters. The predicted molar refractivity (Wildman–Crippen MR) is 180 cm³/mol. The van der Waals surface area contributed by atoms with Gasteiger partial charge in [0.15, 0.2) is 11.4 Å². The highest BCUT2D eigenvalue weighted by atomic mass is 16.3. The van der Waals surface area contributed by atoms with E-state index >= 15 is 0 Å². The van der Waals surface area contributed by atoms with Crippen LogP contribution in [0.15, 0.2) is 156 Å². The Labute approximate surface area is 253 Å². The second-order valence-corrected chi connectivity index (χ2v) is 11.0. The van der Waals surface area contributed by atoms with Gasteiger partial charge in [-0.3, -0.25) is 0 Å². The Hall–Kier alpha value is -6.00. The van der Waals surface area contributed by atoms with Gasteiger partial charge >= 0.3 is 0 Å². The summed E-state index contributed by atoms with van der Waals surface area (Å²) in [5, 5.41) is 4.61. The number of nitrogens with zero attached hydrogens (tertiary/aromatic N) is 3. The molecule has 0 unspecified atom stereocenters. The first-order valence-corrected chi connectivity index (χ1v) is 14.8. The van der Waals surface area contributed by atoms with Crippen molar-refractivity contribution in [2.75, 3.05) is 0 Å². The third kappa shape index (κ3) is 3.85. The van der Waals surface area contributed by atoms with Gasteiger partial charge in [-0.1, -0.05) is 103 Å². The highest BCUT2D eigenvalue weighted by Crippen LogP contribution is 2.40. The first-order valence-electron chi connectivity index (χ1n) is 14.8. The molecule has 0 bridgehead atoms. The molecule has 0 aliphatic carbocycles. The van der Waals surface area contributed by atoms with E-state index in [1.807, 2.05) is 48.5 Å². The van der Waals surface area contributed by atoms with Gasteiger partial charge in [0, 0.05) is 43.9 Å². The quantitative estimate of drug-likeness (QED) is 0.214. The Kier molecular flexibility index (Phi) is 5.47. The average molecular weight is 564 g/mol. The number of para-hydroxylation sites is 2. The molecule has 0 N–H and O–H groups in total. The van der Waals surface area contributed by atoms with E-state index in [2.05, 4.69) is 108 Å². The molecule has 0 amide bonds. The minimum Gasteiger partial charge on any atom is -0.454 e. The summed E-state index contributed by atoms with van der Waals surface area (Å²) in [6, 6.07) is 52.4. The molecule has 9 rings (SSSR count). The Morgan fingerprint density at radius 2 is 1.05 bits per heavy atom. The van der Waals surface area contributed by atoms with Crippen LogP contribution < -0.4 is 0 Å². The fraction of sp³-hybridized carbons (Fsp3) is 0. The van der Waals surface area contributed by atoms with E-state index in [0.29, 0.717) is 5.82 Å². The smallest absolute Gasteiger partial charge is 0.160 e. The van der Waals surface area contributed by atoms with Crippen LogP contribution in [0.1, 0.15) is 0 Å². The molecule has 44 heavy (non-hydrogen) atoms. The van der Waals surface area contributed by atoms with Crippen LogP contribution in [0, 0.1) is 0 Å². The lowest BCUT2D eigenvalue weighted by Crippen LogP contribution is -1.97. The molecule has 3 aromatic heterocycles. The van der Waals surface area contributed by atoms with E-state index in [9.17, 15) is 0 Å². The van der Waals surface area contributed by atoms with Gasteiger partial charge in [0.05, 0.1) is 22.4 Å². The lowest BCUT2D eigenvalue weighted by molar-refractivity contribution is 0.671. The summed E-state index contributed by atoms with van der Waals surface area (Å²) in [4.78, 5) is 10.0. The SMILES string of the molecule is c1ccc(-c2cc(-c3ccccc3)nc(-c3ccc(-n4c5ccccc5c5ccc6c7ccccc7oc6c54)cc3)n2)cc1. The highest BCUT2D eigenvalue weighted by molar-refractivity contribution is 6.21. The molecule has 0 radical (unpaired) electrons. The molecule has 0 aliphatic heterocycles. The monoisotopic (exact) mass is 563 g/mol. The number of hydrogen-bond donors (Lipinski definition) is 0. The summed E-state index contributed by atoms with van der Waals surface area (Å²) in [6.45, 7) is 0. The van der Waals surface area contributed by atoms with Crippen LogP contribution in [-0.2, 0) is 0 Å². The molecule has 206 valence electrons. The van der Waals surface area contributed by atoms with Crippen LogP contribution in [0.2, 0.25) is 0 Å². The van der Waals surface area contributed by atoms with Gasteiger partial charge in [-0.15, -0.1) is 0 Å². The number of benzene rings is 6. The zero-order valence-electron chi connectivity index (χ0n) is 23.7. The van der Waals surface area contributed by atoms with Crippen molar-refractivity contribution in [3.63, 3.8) is 0 Å².